The Morgan fingerprint density at radius 2 is 1.32 bits per heavy atom. The van der Waals surface area contributed by atoms with Crippen molar-refractivity contribution < 1.29 is 33.4 Å². The monoisotopic (exact) mass is 524 g/mol. The molecule has 38 heavy (non-hydrogen) atoms. The summed E-state index contributed by atoms with van der Waals surface area (Å²) in [6, 6.07) is 16.9. The van der Waals surface area contributed by atoms with Crippen molar-refractivity contribution in [2.45, 2.75) is 76.2 Å². The van der Waals surface area contributed by atoms with Gasteiger partial charge in [0.05, 0.1) is 13.5 Å². The van der Waals surface area contributed by atoms with Gasteiger partial charge in [-0.3, -0.25) is 9.59 Å². The lowest BCUT2D eigenvalue weighted by atomic mass is 9.83. The minimum Gasteiger partial charge on any atom is -0.467 e. The van der Waals surface area contributed by atoms with E-state index in [1.54, 1.807) is 12.1 Å². The maximum atomic E-state index is 13.5. The minimum absolute atomic E-state index is 0.00837. The van der Waals surface area contributed by atoms with Crippen LogP contribution in [0.5, 0.6) is 0 Å². The first-order valence-corrected chi connectivity index (χ1v) is 13.0. The summed E-state index contributed by atoms with van der Waals surface area (Å²) in [5, 5.41) is 5.30. The smallest absolute Gasteiger partial charge is 0.408 e. The summed E-state index contributed by atoms with van der Waals surface area (Å²) in [4.78, 5) is 51.6. The highest BCUT2D eigenvalue weighted by Crippen LogP contribution is 2.28. The van der Waals surface area contributed by atoms with E-state index in [0.717, 1.165) is 43.2 Å². The van der Waals surface area contributed by atoms with Gasteiger partial charge in [0.2, 0.25) is 5.91 Å². The van der Waals surface area contributed by atoms with Crippen LogP contribution in [0.25, 0.3) is 0 Å². The maximum absolute atomic E-state index is 13.5. The number of ether oxygens (including phenoxy) is 3. The van der Waals surface area contributed by atoms with E-state index in [-0.39, 0.29) is 13.2 Å². The predicted octanol–water partition coefficient (Wildman–Crippen LogP) is 4.19. The predicted molar refractivity (Wildman–Crippen MR) is 140 cm³/mol. The number of rotatable bonds is 10. The van der Waals surface area contributed by atoms with Gasteiger partial charge in [0.15, 0.2) is 0 Å². The van der Waals surface area contributed by atoms with E-state index < -0.39 is 41.9 Å². The molecule has 9 heteroatoms. The first kappa shape index (κ1) is 28.7. The van der Waals surface area contributed by atoms with Gasteiger partial charge in [-0.2, -0.15) is 0 Å². The van der Waals surface area contributed by atoms with Gasteiger partial charge in [-0.15, -0.1) is 0 Å². The molecule has 9 nitrogen and oxygen atoms in total. The van der Waals surface area contributed by atoms with E-state index in [9.17, 15) is 19.2 Å². The van der Waals surface area contributed by atoms with Crippen LogP contribution in [-0.2, 0) is 41.8 Å². The molecule has 1 fully saturated rings. The standard InChI is InChI=1S/C29H36N2O7/c1-36-27(34)29(17-11-3-2-4-12-18-29)31-26(33)24(19-25(32)37-20-22-13-7-5-8-14-22)30-28(35)38-21-23-15-9-6-10-16-23/h5-10,13-16,24H,2-4,11-12,17-21H2,1H3,(H,30,35)(H,31,33)/t24-/m1/s1. The van der Waals surface area contributed by atoms with Crippen LogP contribution in [0.2, 0.25) is 0 Å². The zero-order valence-corrected chi connectivity index (χ0v) is 21.8. The fraction of sp³-hybridized carbons (Fsp3) is 0.448. The lowest BCUT2D eigenvalue weighted by molar-refractivity contribution is -0.153. The Balaban J connectivity index is 1.71. The van der Waals surface area contributed by atoms with Crippen molar-refractivity contribution in [2.24, 2.45) is 0 Å². The Kier molecular flexibility index (Phi) is 11.1. The average molecular weight is 525 g/mol. The van der Waals surface area contributed by atoms with E-state index in [1.807, 2.05) is 48.5 Å². The van der Waals surface area contributed by atoms with Crippen molar-refractivity contribution in [3.63, 3.8) is 0 Å². The fourth-order valence-corrected chi connectivity index (χ4v) is 4.49. The Hall–Kier alpha value is -3.88. The number of hydrogen-bond acceptors (Lipinski definition) is 7. The Morgan fingerprint density at radius 1 is 0.789 bits per heavy atom. The molecule has 0 spiro atoms. The molecule has 0 heterocycles. The molecule has 1 saturated carbocycles. The fourth-order valence-electron chi connectivity index (χ4n) is 4.49. The molecule has 204 valence electrons. The molecule has 2 N–H and O–H groups in total. The molecule has 0 saturated heterocycles. The molecule has 2 amide bonds. The third-order valence-electron chi connectivity index (χ3n) is 6.58. The molecule has 1 aliphatic carbocycles. The molecule has 0 aliphatic heterocycles. The summed E-state index contributed by atoms with van der Waals surface area (Å²) < 4.78 is 15.7. The van der Waals surface area contributed by atoms with Crippen LogP contribution >= 0.6 is 0 Å². The topological polar surface area (TPSA) is 120 Å². The van der Waals surface area contributed by atoms with E-state index in [1.165, 1.54) is 7.11 Å². The van der Waals surface area contributed by atoms with Crippen LogP contribution in [0, 0.1) is 0 Å². The third kappa shape index (κ3) is 8.90. The summed E-state index contributed by atoms with van der Waals surface area (Å²) in [7, 11) is 1.28. The number of amides is 2. The SMILES string of the molecule is COC(=O)C1(NC(=O)[C@@H](CC(=O)OCc2ccccc2)NC(=O)OCc2ccccc2)CCCCCCC1. The average Bonchev–Trinajstić information content (AvgIpc) is 2.92. The summed E-state index contributed by atoms with van der Waals surface area (Å²) >= 11 is 0. The first-order chi connectivity index (χ1) is 18.4. The Bertz CT molecular complexity index is 994. The molecule has 0 bridgehead atoms. The van der Waals surface area contributed by atoms with Gasteiger partial charge in [-0.05, 0) is 24.0 Å². The molecular weight excluding hydrogens is 488 g/mol. The van der Waals surface area contributed by atoms with Gasteiger partial charge in [0, 0.05) is 0 Å². The van der Waals surface area contributed by atoms with Gasteiger partial charge in [0.1, 0.15) is 24.8 Å². The summed E-state index contributed by atoms with van der Waals surface area (Å²) in [5.74, 6) is -1.89. The quantitative estimate of drug-likeness (QED) is 0.353. The number of carbonyl (C=O) groups excluding carboxylic acids is 4. The zero-order valence-electron chi connectivity index (χ0n) is 21.8. The number of esters is 2. The molecule has 2 aromatic carbocycles. The Morgan fingerprint density at radius 3 is 1.87 bits per heavy atom. The van der Waals surface area contributed by atoms with Gasteiger partial charge in [-0.1, -0.05) is 92.8 Å². The van der Waals surface area contributed by atoms with Crippen LogP contribution in [0.15, 0.2) is 60.7 Å². The highest BCUT2D eigenvalue weighted by Gasteiger charge is 2.42. The highest BCUT2D eigenvalue weighted by atomic mass is 16.6. The summed E-state index contributed by atoms with van der Waals surface area (Å²) in [5.41, 5.74) is 0.329. The lowest BCUT2D eigenvalue weighted by Crippen LogP contribution is -2.60. The van der Waals surface area contributed by atoms with Gasteiger partial charge in [-0.25, -0.2) is 9.59 Å². The van der Waals surface area contributed by atoms with Gasteiger partial charge >= 0.3 is 18.0 Å². The van der Waals surface area contributed by atoms with Gasteiger partial charge < -0.3 is 24.8 Å². The normalized spacial score (nSPS) is 15.6. The maximum Gasteiger partial charge on any atom is 0.408 e. The van der Waals surface area contributed by atoms with Crippen LogP contribution in [0.1, 0.15) is 62.5 Å². The minimum atomic E-state index is -1.31. The number of carbonyl (C=O) groups is 4. The second-order valence-electron chi connectivity index (χ2n) is 9.44. The molecule has 0 aromatic heterocycles. The largest absolute Gasteiger partial charge is 0.467 e. The molecule has 3 rings (SSSR count). The van der Waals surface area contributed by atoms with Crippen molar-refractivity contribution in [3.05, 3.63) is 71.8 Å². The highest BCUT2D eigenvalue weighted by molar-refractivity contribution is 5.94. The van der Waals surface area contributed by atoms with Crippen LogP contribution in [0.4, 0.5) is 4.79 Å². The molecule has 2 aromatic rings. The van der Waals surface area contributed by atoms with Crippen molar-refractivity contribution in [3.8, 4) is 0 Å². The molecule has 1 atom stereocenters. The molecule has 0 unspecified atom stereocenters. The van der Waals surface area contributed by atoms with Crippen molar-refractivity contribution >= 4 is 23.9 Å². The van der Waals surface area contributed by atoms with E-state index >= 15 is 0 Å². The van der Waals surface area contributed by atoms with Crippen LogP contribution in [-0.4, -0.2) is 42.6 Å². The molecule has 1 aliphatic rings. The lowest BCUT2D eigenvalue weighted by Gasteiger charge is -2.34. The van der Waals surface area contributed by atoms with Crippen LogP contribution in [0.3, 0.4) is 0 Å². The molecule has 0 radical (unpaired) electrons. The third-order valence-corrected chi connectivity index (χ3v) is 6.58. The number of hydrogen-bond donors (Lipinski definition) is 2. The second kappa shape index (κ2) is 14.8. The van der Waals surface area contributed by atoms with Crippen molar-refractivity contribution in [2.75, 3.05) is 7.11 Å². The summed E-state index contributed by atoms with van der Waals surface area (Å²) in [6.07, 6.45) is 3.95. The number of benzene rings is 2. The summed E-state index contributed by atoms with van der Waals surface area (Å²) in [6.45, 7) is 0.0180. The number of methoxy groups -OCH3 is 1. The van der Waals surface area contributed by atoms with Crippen molar-refractivity contribution in [1.29, 1.82) is 0 Å². The van der Waals surface area contributed by atoms with Crippen LogP contribution < -0.4 is 10.6 Å². The van der Waals surface area contributed by atoms with E-state index in [0.29, 0.717) is 12.8 Å². The van der Waals surface area contributed by atoms with E-state index in [2.05, 4.69) is 10.6 Å². The van der Waals surface area contributed by atoms with Crippen molar-refractivity contribution in [1.82, 2.24) is 10.6 Å². The van der Waals surface area contributed by atoms with E-state index in [4.69, 9.17) is 14.2 Å². The first-order valence-electron chi connectivity index (χ1n) is 13.0. The number of alkyl carbamates (subject to hydrolysis) is 1. The van der Waals surface area contributed by atoms with Gasteiger partial charge in [0.25, 0.3) is 0 Å². The zero-order chi connectivity index (χ0) is 27.2. The Labute approximate surface area is 223 Å². The second-order valence-corrected chi connectivity index (χ2v) is 9.44. The molecular formula is C29H36N2O7. The number of nitrogens with one attached hydrogen (secondary N) is 2.